The average Bonchev–Trinajstić information content (AvgIpc) is 3.61. The second-order valence-electron chi connectivity index (χ2n) is 10.2. The molecule has 3 amide bonds. The number of alkyl halides is 3. The van der Waals surface area contributed by atoms with Crippen molar-refractivity contribution in [3.05, 3.63) is 96.5 Å². The molecule has 8 N–H and O–H groups in total. The highest BCUT2D eigenvalue weighted by molar-refractivity contribution is 6.00. The van der Waals surface area contributed by atoms with Gasteiger partial charge in [-0.1, -0.05) is 49.4 Å². The Morgan fingerprint density at radius 1 is 0.943 bits per heavy atom. The number of halogens is 6. The molecule has 1 heterocycles. The summed E-state index contributed by atoms with van der Waals surface area (Å²) in [7, 11) is 3.58. The van der Waals surface area contributed by atoms with Crippen LogP contribution in [0.25, 0.3) is 11.3 Å². The third-order valence-corrected chi connectivity index (χ3v) is 6.75. The van der Waals surface area contributed by atoms with E-state index in [1.165, 1.54) is 6.39 Å². The van der Waals surface area contributed by atoms with Gasteiger partial charge in [0.2, 0.25) is 0 Å². The number of carboxylic acid groups (broad SMARTS) is 1. The van der Waals surface area contributed by atoms with Crippen LogP contribution in [0.4, 0.5) is 48.2 Å². The van der Waals surface area contributed by atoms with Crippen LogP contribution in [0.5, 0.6) is 5.75 Å². The molecule has 0 saturated carbocycles. The maximum absolute atomic E-state index is 12.7. The van der Waals surface area contributed by atoms with Crippen molar-refractivity contribution in [3.8, 4) is 17.1 Å². The van der Waals surface area contributed by atoms with Gasteiger partial charge in [0.15, 0.2) is 12.2 Å². The first-order chi connectivity index (χ1) is 22.9. The first kappa shape index (κ1) is 51.5. The summed E-state index contributed by atoms with van der Waals surface area (Å²) < 4.78 is 48.3. The SMILES string of the molecule is CCN(C)CCC(OC(=O)NCc1cccc(NC(=O)Nc2ccc(-c3cnco3)c(OC)c2)c1)c1ccccc1.F.F.F.O.O.O=C(O)C(F)(F)F. The van der Waals surface area contributed by atoms with Crippen LogP contribution in [0, 0.1) is 0 Å². The van der Waals surface area contributed by atoms with Gasteiger partial charge in [-0.25, -0.2) is 19.4 Å². The van der Waals surface area contributed by atoms with E-state index < -0.39 is 24.3 Å². The van der Waals surface area contributed by atoms with Gasteiger partial charge in [-0.15, -0.1) is 0 Å². The number of benzene rings is 3. The second-order valence-corrected chi connectivity index (χ2v) is 10.2. The molecule has 0 spiro atoms. The topological polar surface area (TPSA) is 218 Å². The summed E-state index contributed by atoms with van der Waals surface area (Å²) in [6.45, 7) is 4.05. The Labute approximate surface area is 300 Å². The van der Waals surface area contributed by atoms with Crippen molar-refractivity contribution in [1.82, 2.24) is 15.2 Å². The van der Waals surface area contributed by atoms with Crippen molar-refractivity contribution < 1.29 is 71.6 Å². The van der Waals surface area contributed by atoms with Crippen molar-refractivity contribution in [2.75, 3.05) is 37.9 Å². The summed E-state index contributed by atoms with van der Waals surface area (Å²) in [5.41, 5.74) is 3.60. The van der Waals surface area contributed by atoms with E-state index in [1.807, 2.05) is 43.4 Å². The van der Waals surface area contributed by atoms with Gasteiger partial charge in [0.1, 0.15) is 11.9 Å². The van der Waals surface area contributed by atoms with Gasteiger partial charge in [-0.05, 0) is 49.0 Å². The number of nitrogens with zero attached hydrogens (tertiary/aromatic N) is 2. The monoisotopic (exact) mass is 767 g/mol. The smallest absolute Gasteiger partial charge is 0.490 e. The highest BCUT2D eigenvalue weighted by atomic mass is 19.4. The van der Waals surface area contributed by atoms with E-state index >= 15 is 0 Å². The lowest BCUT2D eigenvalue weighted by Crippen LogP contribution is -2.28. The number of ether oxygens (including phenoxy) is 2. The molecule has 0 saturated heterocycles. The molecule has 1 atom stereocenters. The molecule has 0 aliphatic rings. The third kappa shape index (κ3) is 17.3. The summed E-state index contributed by atoms with van der Waals surface area (Å²) in [5.74, 6) is -1.66. The van der Waals surface area contributed by atoms with Crippen LogP contribution in [0.15, 0.2) is 89.8 Å². The molecular formula is C33H43F6N5O9. The van der Waals surface area contributed by atoms with Gasteiger partial charge in [0.05, 0.1) is 18.9 Å². The maximum Gasteiger partial charge on any atom is 0.490 e. The molecule has 0 radical (unpaired) electrons. The molecule has 1 unspecified atom stereocenters. The normalized spacial score (nSPS) is 10.4. The lowest BCUT2D eigenvalue weighted by Gasteiger charge is -2.22. The fourth-order valence-electron chi connectivity index (χ4n) is 4.18. The van der Waals surface area contributed by atoms with Gasteiger partial charge >= 0.3 is 24.3 Å². The van der Waals surface area contributed by atoms with E-state index in [0.29, 0.717) is 29.3 Å². The number of aromatic nitrogens is 1. The molecule has 296 valence electrons. The molecule has 0 fully saturated rings. The minimum Gasteiger partial charge on any atom is -0.496 e. The number of carboxylic acids is 1. The van der Waals surface area contributed by atoms with E-state index in [2.05, 4.69) is 32.8 Å². The molecular weight excluding hydrogens is 724 g/mol. The lowest BCUT2D eigenvalue weighted by atomic mass is 10.1. The molecule has 1 aromatic heterocycles. The van der Waals surface area contributed by atoms with Crippen LogP contribution < -0.4 is 20.7 Å². The van der Waals surface area contributed by atoms with Crippen LogP contribution in [0.3, 0.4) is 0 Å². The number of rotatable bonds is 12. The first-order valence-corrected chi connectivity index (χ1v) is 14.6. The quantitative estimate of drug-likeness (QED) is 0.129. The largest absolute Gasteiger partial charge is 0.496 e. The molecule has 0 aliphatic carbocycles. The number of urea groups is 1. The number of anilines is 2. The first-order valence-electron chi connectivity index (χ1n) is 14.6. The average molecular weight is 768 g/mol. The Bertz CT molecular complexity index is 1640. The standard InChI is InChI=1S/C31H35N5O5.C2HF3O2.3FH.2H2O/c1-4-36(2)16-15-27(23-10-6-5-7-11-23)41-31(38)33-19-22-9-8-12-24(17-22)34-30(37)35-25-13-14-26(28(18-25)39-3)29-20-32-21-40-29;3-2(4,5)1(6)7;;;;;/h5-14,17-18,20-21,27H,4,15-16,19H2,1-3H3,(H,33,38)(H2,34,35,37);(H,6,7);3*1H;2*1H2. The van der Waals surface area contributed by atoms with E-state index in [9.17, 15) is 22.8 Å². The number of carbonyl (C=O) groups is 3. The van der Waals surface area contributed by atoms with Crippen LogP contribution in [0.1, 0.15) is 30.6 Å². The van der Waals surface area contributed by atoms with Crippen LogP contribution in [-0.4, -0.2) is 77.5 Å². The van der Waals surface area contributed by atoms with Crippen LogP contribution in [0.2, 0.25) is 0 Å². The van der Waals surface area contributed by atoms with Crippen molar-refractivity contribution in [2.45, 2.75) is 32.2 Å². The van der Waals surface area contributed by atoms with Crippen molar-refractivity contribution in [3.63, 3.8) is 0 Å². The lowest BCUT2D eigenvalue weighted by molar-refractivity contribution is -0.192. The summed E-state index contributed by atoms with van der Waals surface area (Å²) in [4.78, 5) is 40.4. The fraction of sp³-hybridized carbons (Fsp3) is 0.273. The Kier molecular flexibility index (Phi) is 24.4. The number of hydrogen-bond acceptors (Lipinski definition) is 8. The highest BCUT2D eigenvalue weighted by Gasteiger charge is 2.38. The molecule has 0 aliphatic heterocycles. The van der Waals surface area contributed by atoms with E-state index in [4.69, 9.17) is 23.8 Å². The van der Waals surface area contributed by atoms with Crippen LogP contribution >= 0.6 is 0 Å². The molecule has 4 rings (SSSR count). The molecule has 3 aromatic carbocycles. The zero-order valence-electron chi connectivity index (χ0n) is 28.6. The zero-order chi connectivity index (χ0) is 35.1. The van der Waals surface area contributed by atoms with Gasteiger partial charge in [-0.2, -0.15) is 13.2 Å². The Morgan fingerprint density at radius 3 is 2.11 bits per heavy atom. The summed E-state index contributed by atoms with van der Waals surface area (Å²) in [6, 6.07) is 21.8. The fourth-order valence-corrected chi connectivity index (χ4v) is 4.18. The predicted octanol–water partition coefficient (Wildman–Crippen LogP) is 5.74. The van der Waals surface area contributed by atoms with Gasteiger partial charge in [-0.3, -0.25) is 14.1 Å². The number of amides is 3. The minimum atomic E-state index is -5.08. The number of hydrogen-bond donors (Lipinski definition) is 4. The summed E-state index contributed by atoms with van der Waals surface area (Å²) >= 11 is 0. The molecule has 53 heavy (non-hydrogen) atoms. The summed E-state index contributed by atoms with van der Waals surface area (Å²) in [6.07, 6.45) is -2.32. The number of alkyl carbamates (subject to hydrolysis) is 1. The Hall–Kier alpha value is -5.86. The Balaban J connectivity index is -0.00000190. The third-order valence-electron chi connectivity index (χ3n) is 6.75. The number of methoxy groups -OCH3 is 1. The molecule has 0 bridgehead atoms. The van der Waals surface area contributed by atoms with Gasteiger partial charge in [0.25, 0.3) is 0 Å². The van der Waals surface area contributed by atoms with Crippen molar-refractivity contribution >= 4 is 29.5 Å². The number of nitrogens with one attached hydrogen (secondary N) is 3. The van der Waals surface area contributed by atoms with Crippen molar-refractivity contribution in [2.24, 2.45) is 0 Å². The van der Waals surface area contributed by atoms with Crippen LogP contribution in [-0.2, 0) is 16.1 Å². The maximum atomic E-state index is 12.7. The highest BCUT2D eigenvalue weighted by Crippen LogP contribution is 2.32. The van der Waals surface area contributed by atoms with E-state index in [1.54, 1.807) is 49.7 Å². The number of carbonyl (C=O) groups excluding carboxylic acids is 2. The summed E-state index contributed by atoms with van der Waals surface area (Å²) in [5, 5.41) is 15.6. The Morgan fingerprint density at radius 2 is 1.57 bits per heavy atom. The van der Waals surface area contributed by atoms with E-state index in [0.717, 1.165) is 29.8 Å². The van der Waals surface area contributed by atoms with E-state index in [-0.39, 0.29) is 37.7 Å². The van der Waals surface area contributed by atoms with Gasteiger partial charge < -0.3 is 50.8 Å². The second kappa shape index (κ2) is 25.2. The number of oxazole rings is 1. The number of aliphatic carboxylic acids is 1. The van der Waals surface area contributed by atoms with Gasteiger partial charge in [0, 0.05) is 37.0 Å². The molecule has 14 nitrogen and oxygen atoms in total. The minimum absolute atomic E-state index is 0. The molecule has 20 heteroatoms. The molecule has 4 aromatic rings. The zero-order valence-corrected chi connectivity index (χ0v) is 28.6. The predicted molar refractivity (Wildman–Crippen MR) is 186 cm³/mol. The van der Waals surface area contributed by atoms with Crippen molar-refractivity contribution in [1.29, 1.82) is 0 Å².